The second kappa shape index (κ2) is 7.92. The van der Waals surface area contributed by atoms with Crippen molar-refractivity contribution in [2.24, 2.45) is 0 Å². The maximum atomic E-state index is 13.5. The van der Waals surface area contributed by atoms with Crippen molar-refractivity contribution in [3.8, 4) is 0 Å². The molecule has 1 saturated carbocycles. The summed E-state index contributed by atoms with van der Waals surface area (Å²) in [5.74, 6) is 0.537. The summed E-state index contributed by atoms with van der Waals surface area (Å²) in [7, 11) is 0. The molecule has 0 spiro atoms. The molecule has 0 radical (unpaired) electrons. The molecule has 2 heterocycles. The Labute approximate surface area is 174 Å². The molecule has 3 aromatic rings. The normalized spacial score (nSPS) is 22.3. The van der Waals surface area contributed by atoms with Crippen LogP contribution in [0.1, 0.15) is 58.4 Å². The number of rotatable bonds is 5. The SMILES string of the molecule is CCCCNc1ncc2c3ccc(Cl)cc3c(=O)n(C3CCC(C)(O)CC3)c2n1. The number of unbranched alkanes of at least 4 members (excludes halogenated alkanes) is 1. The molecule has 29 heavy (non-hydrogen) atoms. The fourth-order valence-electron chi connectivity index (χ4n) is 4.18. The van der Waals surface area contributed by atoms with Crippen LogP contribution in [0.15, 0.2) is 29.2 Å². The number of fused-ring (bicyclic) bond motifs is 3. The Balaban J connectivity index is 1.90. The number of anilines is 1. The van der Waals surface area contributed by atoms with Gasteiger partial charge in [-0.05, 0) is 56.5 Å². The number of hydrogen-bond acceptors (Lipinski definition) is 5. The number of aromatic nitrogens is 3. The number of pyridine rings is 1. The fraction of sp³-hybridized carbons (Fsp3) is 0.500. The van der Waals surface area contributed by atoms with Crippen LogP contribution in [0.4, 0.5) is 5.95 Å². The van der Waals surface area contributed by atoms with Gasteiger partial charge in [-0.15, -0.1) is 0 Å². The highest BCUT2D eigenvalue weighted by atomic mass is 35.5. The molecular weight excluding hydrogens is 388 g/mol. The molecule has 0 aliphatic heterocycles. The van der Waals surface area contributed by atoms with Crippen LogP contribution in [-0.2, 0) is 0 Å². The Bertz CT molecular complexity index is 1100. The Morgan fingerprint density at radius 1 is 1.28 bits per heavy atom. The summed E-state index contributed by atoms with van der Waals surface area (Å²) in [6, 6.07) is 5.37. The molecule has 1 aliphatic carbocycles. The van der Waals surface area contributed by atoms with Crippen molar-refractivity contribution >= 4 is 39.4 Å². The predicted molar refractivity (Wildman–Crippen MR) is 118 cm³/mol. The molecule has 0 amide bonds. The van der Waals surface area contributed by atoms with Crippen molar-refractivity contribution in [1.29, 1.82) is 0 Å². The molecule has 1 fully saturated rings. The van der Waals surface area contributed by atoms with Gasteiger partial charge in [0, 0.05) is 34.6 Å². The van der Waals surface area contributed by atoms with E-state index >= 15 is 0 Å². The van der Waals surface area contributed by atoms with Gasteiger partial charge in [0.15, 0.2) is 0 Å². The fourth-order valence-corrected chi connectivity index (χ4v) is 4.36. The first-order valence-electron chi connectivity index (χ1n) is 10.4. The summed E-state index contributed by atoms with van der Waals surface area (Å²) in [6.45, 7) is 4.79. The lowest BCUT2D eigenvalue weighted by Gasteiger charge is -2.34. The molecule has 154 valence electrons. The average molecular weight is 415 g/mol. The molecule has 0 unspecified atom stereocenters. The van der Waals surface area contributed by atoms with Crippen LogP contribution >= 0.6 is 11.6 Å². The molecule has 4 rings (SSSR count). The number of nitrogens with one attached hydrogen (secondary N) is 1. The summed E-state index contributed by atoms with van der Waals surface area (Å²) >= 11 is 6.19. The van der Waals surface area contributed by atoms with Crippen molar-refractivity contribution in [3.05, 3.63) is 39.8 Å². The van der Waals surface area contributed by atoms with Gasteiger partial charge in [0.25, 0.3) is 5.56 Å². The molecular formula is C22H27ClN4O2. The van der Waals surface area contributed by atoms with E-state index in [1.54, 1.807) is 22.9 Å². The Hall–Kier alpha value is -2.18. The zero-order valence-electron chi connectivity index (χ0n) is 16.9. The number of aliphatic hydroxyl groups is 1. The highest BCUT2D eigenvalue weighted by molar-refractivity contribution is 6.31. The van der Waals surface area contributed by atoms with Gasteiger partial charge < -0.3 is 10.4 Å². The van der Waals surface area contributed by atoms with Crippen molar-refractivity contribution in [2.75, 3.05) is 11.9 Å². The van der Waals surface area contributed by atoms with Crippen LogP contribution in [0.3, 0.4) is 0 Å². The third kappa shape index (κ3) is 3.96. The van der Waals surface area contributed by atoms with E-state index in [1.165, 1.54) is 0 Å². The van der Waals surface area contributed by atoms with E-state index in [-0.39, 0.29) is 11.6 Å². The lowest BCUT2D eigenvalue weighted by molar-refractivity contribution is 0.0100. The average Bonchev–Trinajstić information content (AvgIpc) is 2.69. The van der Waals surface area contributed by atoms with Gasteiger partial charge in [0.1, 0.15) is 5.65 Å². The molecule has 2 aromatic heterocycles. The highest BCUT2D eigenvalue weighted by Crippen LogP contribution is 2.36. The second-order valence-corrected chi connectivity index (χ2v) is 8.74. The van der Waals surface area contributed by atoms with Gasteiger partial charge in [0.2, 0.25) is 5.95 Å². The molecule has 7 heteroatoms. The van der Waals surface area contributed by atoms with Crippen molar-refractivity contribution < 1.29 is 5.11 Å². The smallest absolute Gasteiger partial charge is 0.260 e. The van der Waals surface area contributed by atoms with Crippen LogP contribution in [0.25, 0.3) is 21.8 Å². The van der Waals surface area contributed by atoms with Gasteiger partial charge in [-0.1, -0.05) is 31.0 Å². The van der Waals surface area contributed by atoms with E-state index < -0.39 is 5.60 Å². The van der Waals surface area contributed by atoms with Crippen LogP contribution < -0.4 is 10.9 Å². The van der Waals surface area contributed by atoms with Gasteiger partial charge in [-0.25, -0.2) is 4.98 Å². The summed E-state index contributed by atoms with van der Waals surface area (Å²) < 4.78 is 1.80. The summed E-state index contributed by atoms with van der Waals surface area (Å²) in [4.78, 5) is 22.7. The Kier molecular flexibility index (Phi) is 5.49. The van der Waals surface area contributed by atoms with E-state index in [2.05, 4.69) is 17.2 Å². The van der Waals surface area contributed by atoms with E-state index in [0.717, 1.165) is 43.0 Å². The summed E-state index contributed by atoms with van der Waals surface area (Å²) in [6.07, 6.45) is 6.69. The standard InChI is InChI=1S/C22H27ClN4O2/c1-3-4-11-24-21-25-13-18-16-6-5-14(23)12-17(16)20(28)27(19(18)26-21)15-7-9-22(2,29)10-8-15/h5-6,12-13,15,29H,3-4,7-11H2,1-2H3,(H,24,25,26). The molecule has 6 nitrogen and oxygen atoms in total. The quantitative estimate of drug-likeness (QED) is 0.468. The van der Waals surface area contributed by atoms with Crippen LogP contribution in [0.2, 0.25) is 5.02 Å². The molecule has 2 N–H and O–H groups in total. The molecule has 0 saturated heterocycles. The van der Waals surface area contributed by atoms with Gasteiger partial charge in [-0.3, -0.25) is 9.36 Å². The summed E-state index contributed by atoms with van der Waals surface area (Å²) in [5, 5.41) is 16.4. The van der Waals surface area contributed by atoms with E-state index in [0.29, 0.717) is 34.8 Å². The van der Waals surface area contributed by atoms with E-state index in [4.69, 9.17) is 16.6 Å². The van der Waals surface area contributed by atoms with Crippen LogP contribution in [0.5, 0.6) is 0 Å². The van der Waals surface area contributed by atoms with Crippen molar-refractivity contribution in [2.45, 2.75) is 64.0 Å². The minimum absolute atomic E-state index is 0.00741. The number of hydrogen-bond donors (Lipinski definition) is 2. The Morgan fingerprint density at radius 2 is 2.03 bits per heavy atom. The van der Waals surface area contributed by atoms with Gasteiger partial charge in [-0.2, -0.15) is 4.98 Å². The lowest BCUT2D eigenvalue weighted by Crippen LogP contribution is -2.35. The zero-order valence-corrected chi connectivity index (χ0v) is 17.7. The first kappa shape index (κ1) is 20.1. The molecule has 0 bridgehead atoms. The third-order valence-electron chi connectivity index (χ3n) is 5.93. The lowest BCUT2D eigenvalue weighted by atomic mass is 9.83. The maximum absolute atomic E-state index is 13.5. The number of halogens is 1. The molecule has 1 aromatic carbocycles. The van der Waals surface area contributed by atoms with Gasteiger partial charge >= 0.3 is 0 Å². The summed E-state index contributed by atoms with van der Waals surface area (Å²) in [5.41, 5.74) is -0.108. The van der Waals surface area contributed by atoms with Crippen molar-refractivity contribution in [3.63, 3.8) is 0 Å². The minimum Gasteiger partial charge on any atom is -0.390 e. The van der Waals surface area contributed by atoms with Gasteiger partial charge in [0.05, 0.1) is 5.60 Å². The van der Waals surface area contributed by atoms with Crippen LogP contribution in [-0.4, -0.2) is 31.8 Å². The minimum atomic E-state index is -0.669. The van der Waals surface area contributed by atoms with Crippen LogP contribution in [0, 0.1) is 0 Å². The van der Waals surface area contributed by atoms with E-state index in [9.17, 15) is 9.90 Å². The predicted octanol–water partition coefficient (Wildman–Crippen LogP) is 4.68. The van der Waals surface area contributed by atoms with E-state index in [1.807, 2.05) is 13.0 Å². The zero-order chi connectivity index (χ0) is 20.6. The molecule has 0 atom stereocenters. The second-order valence-electron chi connectivity index (χ2n) is 8.30. The first-order valence-corrected chi connectivity index (χ1v) is 10.7. The van der Waals surface area contributed by atoms with Crippen molar-refractivity contribution in [1.82, 2.24) is 14.5 Å². The number of benzene rings is 1. The third-order valence-corrected chi connectivity index (χ3v) is 6.16. The first-order chi connectivity index (χ1) is 13.9. The molecule has 1 aliphatic rings. The highest BCUT2D eigenvalue weighted by Gasteiger charge is 2.31. The largest absolute Gasteiger partial charge is 0.390 e. The maximum Gasteiger partial charge on any atom is 0.260 e. The topological polar surface area (TPSA) is 80.0 Å². The number of nitrogens with zero attached hydrogens (tertiary/aromatic N) is 3. The monoisotopic (exact) mass is 414 g/mol. The Morgan fingerprint density at radius 3 is 2.76 bits per heavy atom.